The Morgan fingerprint density at radius 2 is 0.678 bits per heavy atom. The summed E-state index contributed by atoms with van der Waals surface area (Å²) in [6.07, 6.45) is 0. The lowest BCUT2D eigenvalue weighted by Crippen LogP contribution is -2.09. The van der Waals surface area contributed by atoms with E-state index in [4.69, 9.17) is 8.83 Å². The maximum atomic E-state index is 6.73. The van der Waals surface area contributed by atoms with Crippen molar-refractivity contribution in [3.05, 3.63) is 200 Å². The molecule has 3 heteroatoms. The van der Waals surface area contributed by atoms with Gasteiger partial charge in [0.1, 0.15) is 22.3 Å². The van der Waals surface area contributed by atoms with Crippen LogP contribution in [0.3, 0.4) is 0 Å². The number of furan rings is 2. The van der Waals surface area contributed by atoms with Crippen molar-refractivity contribution in [2.24, 2.45) is 0 Å². The second kappa shape index (κ2) is 12.3. The van der Waals surface area contributed by atoms with Gasteiger partial charge in [0, 0.05) is 61.5 Å². The average molecular weight is 752 g/mol. The van der Waals surface area contributed by atoms with Crippen LogP contribution in [-0.4, -0.2) is 0 Å². The molecule has 2 aromatic heterocycles. The highest BCUT2D eigenvalue weighted by Crippen LogP contribution is 2.44. The van der Waals surface area contributed by atoms with Crippen LogP contribution >= 0.6 is 0 Å². The van der Waals surface area contributed by atoms with Gasteiger partial charge in [-0.25, -0.2) is 0 Å². The van der Waals surface area contributed by atoms with Crippen molar-refractivity contribution in [1.29, 1.82) is 0 Å². The lowest BCUT2D eigenvalue weighted by atomic mass is 9.92. The summed E-state index contributed by atoms with van der Waals surface area (Å²) in [5.41, 5.74) is 8.85. The van der Waals surface area contributed by atoms with Gasteiger partial charge in [-0.15, -0.1) is 0 Å². The lowest BCUT2D eigenvalue weighted by molar-refractivity contribution is 0.672. The molecule has 0 fully saturated rings. The number of benzene rings is 11. The molecular formula is C56H33NO2. The standard InChI is InChI=1S/C56H33NO2/c1-3-14-41-34(10-1)20-26-50-48-28-23-39(32-53(48)58-55(41)50)57(40-24-29-49-51-27-21-35-11-2-4-15-42(35)56(51)59-54(49)33-40)38-13-9-12-36(30-38)37-22-25-47-45-18-6-5-16-43(45)44-17-7-8-19-46(44)52(47)31-37/h1-33H. The molecule has 3 nitrogen and oxygen atoms in total. The molecule has 13 aromatic rings. The van der Waals surface area contributed by atoms with Crippen molar-refractivity contribution in [3.63, 3.8) is 0 Å². The highest BCUT2D eigenvalue weighted by molar-refractivity contribution is 6.26. The van der Waals surface area contributed by atoms with Crippen LogP contribution in [0.5, 0.6) is 0 Å². The van der Waals surface area contributed by atoms with Crippen molar-refractivity contribution < 1.29 is 8.83 Å². The van der Waals surface area contributed by atoms with E-state index < -0.39 is 0 Å². The van der Waals surface area contributed by atoms with Crippen LogP contribution in [0.4, 0.5) is 17.1 Å². The van der Waals surface area contributed by atoms with Gasteiger partial charge in [-0.2, -0.15) is 0 Å². The fraction of sp³-hybridized carbons (Fsp3) is 0. The van der Waals surface area contributed by atoms with E-state index in [1.54, 1.807) is 0 Å². The molecule has 0 spiro atoms. The second-order valence-electron chi connectivity index (χ2n) is 15.6. The zero-order chi connectivity index (χ0) is 38.6. The fourth-order valence-corrected chi connectivity index (χ4v) is 9.62. The van der Waals surface area contributed by atoms with Gasteiger partial charge in [-0.05, 0) is 109 Å². The van der Waals surface area contributed by atoms with Gasteiger partial charge in [-0.1, -0.05) is 133 Å². The zero-order valence-electron chi connectivity index (χ0n) is 31.8. The Morgan fingerprint density at radius 1 is 0.254 bits per heavy atom. The molecule has 0 radical (unpaired) electrons. The first-order valence-electron chi connectivity index (χ1n) is 20.2. The third-order valence-electron chi connectivity index (χ3n) is 12.4. The molecule has 59 heavy (non-hydrogen) atoms. The maximum absolute atomic E-state index is 6.73. The molecule has 0 aliphatic heterocycles. The Hall–Kier alpha value is -7.88. The van der Waals surface area contributed by atoms with Crippen LogP contribution in [-0.2, 0) is 0 Å². The summed E-state index contributed by atoms with van der Waals surface area (Å²) in [6.45, 7) is 0. The Bertz CT molecular complexity index is 3680. The molecule has 0 atom stereocenters. The van der Waals surface area contributed by atoms with Crippen LogP contribution < -0.4 is 4.90 Å². The number of nitrogens with zero attached hydrogens (tertiary/aromatic N) is 1. The molecule has 0 unspecified atom stereocenters. The van der Waals surface area contributed by atoms with Gasteiger partial charge in [0.25, 0.3) is 0 Å². The Morgan fingerprint density at radius 3 is 1.24 bits per heavy atom. The van der Waals surface area contributed by atoms with E-state index in [-0.39, 0.29) is 0 Å². The van der Waals surface area contributed by atoms with Gasteiger partial charge in [0.05, 0.1) is 0 Å². The van der Waals surface area contributed by atoms with Gasteiger partial charge < -0.3 is 13.7 Å². The number of rotatable bonds is 4. The first kappa shape index (κ1) is 32.2. The third kappa shape index (κ3) is 4.82. The molecule has 0 saturated heterocycles. The molecule has 2 heterocycles. The van der Waals surface area contributed by atoms with E-state index in [9.17, 15) is 0 Å². The minimum absolute atomic E-state index is 0.847. The Balaban J connectivity index is 1.02. The second-order valence-corrected chi connectivity index (χ2v) is 15.6. The minimum Gasteiger partial charge on any atom is -0.455 e. The average Bonchev–Trinajstić information content (AvgIpc) is 3.87. The zero-order valence-corrected chi connectivity index (χ0v) is 31.8. The SMILES string of the molecule is c1cc(-c2ccc3c4ccccc4c4ccccc4c3c2)cc(N(c2ccc3c(c2)oc2c4ccccc4ccc32)c2ccc3c(c2)oc2c4ccccc4ccc32)c1. The molecule has 0 amide bonds. The highest BCUT2D eigenvalue weighted by atomic mass is 16.3. The van der Waals surface area contributed by atoms with Crippen LogP contribution in [0.1, 0.15) is 0 Å². The first-order chi connectivity index (χ1) is 29.2. The van der Waals surface area contributed by atoms with Gasteiger partial charge >= 0.3 is 0 Å². The predicted octanol–water partition coefficient (Wildman–Crippen LogP) is 16.4. The van der Waals surface area contributed by atoms with E-state index in [1.165, 1.54) is 48.7 Å². The van der Waals surface area contributed by atoms with Crippen molar-refractivity contribution in [3.8, 4) is 11.1 Å². The Kier molecular flexibility index (Phi) is 6.72. The molecular weight excluding hydrogens is 719 g/mol. The van der Waals surface area contributed by atoms with Crippen molar-refractivity contribution in [1.82, 2.24) is 0 Å². The number of anilines is 3. The summed E-state index contributed by atoms with van der Waals surface area (Å²) < 4.78 is 13.5. The topological polar surface area (TPSA) is 29.5 Å². The van der Waals surface area contributed by atoms with E-state index >= 15 is 0 Å². The maximum Gasteiger partial charge on any atom is 0.143 e. The smallest absolute Gasteiger partial charge is 0.143 e. The van der Waals surface area contributed by atoms with Crippen LogP contribution in [0.15, 0.2) is 209 Å². The Labute approximate surface area is 338 Å². The van der Waals surface area contributed by atoms with E-state index in [0.717, 1.165) is 77.3 Å². The normalized spacial score (nSPS) is 12.1. The van der Waals surface area contributed by atoms with Gasteiger partial charge in [0.15, 0.2) is 0 Å². The van der Waals surface area contributed by atoms with E-state index in [2.05, 4.69) is 205 Å². The largest absolute Gasteiger partial charge is 0.455 e. The monoisotopic (exact) mass is 751 g/mol. The molecule has 0 saturated carbocycles. The molecule has 0 aliphatic carbocycles. The number of hydrogen-bond acceptors (Lipinski definition) is 3. The van der Waals surface area contributed by atoms with Crippen molar-refractivity contribution >= 4 is 115 Å². The van der Waals surface area contributed by atoms with Gasteiger partial charge in [-0.3, -0.25) is 0 Å². The van der Waals surface area contributed by atoms with E-state index in [1.807, 2.05) is 0 Å². The summed E-state index contributed by atoms with van der Waals surface area (Å²) >= 11 is 0. The molecule has 274 valence electrons. The summed E-state index contributed by atoms with van der Waals surface area (Å²) in [5.74, 6) is 0. The lowest BCUT2D eigenvalue weighted by Gasteiger charge is -2.26. The molecule has 11 aromatic carbocycles. The molecule has 13 rings (SSSR count). The number of hydrogen-bond donors (Lipinski definition) is 0. The summed E-state index contributed by atoms with van der Waals surface area (Å²) in [6, 6.07) is 72.1. The minimum atomic E-state index is 0.847. The predicted molar refractivity (Wildman–Crippen MR) is 249 cm³/mol. The summed E-state index contributed by atoms with van der Waals surface area (Å²) in [7, 11) is 0. The number of fused-ring (bicyclic) bond motifs is 16. The molecule has 0 aliphatic rings. The first-order valence-corrected chi connectivity index (χ1v) is 20.2. The van der Waals surface area contributed by atoms with Crippen LogP contribution in [0.25, 0.3) is 109 Å². The molecule has 0 N–H and O–H groups in total. The van der Waals surface area contributed by atoms with E-state index in [0.29, 0.717) is 0 Å². The quantitative estimate of drug-likeness (QED) is 0.168. The van der Waals surface area contributed by atoms with Crippen LogP contribution in [0.2, 0.25) is 0 Å². The van der Waals surface area contributed by atoms with Gasteiger partial charge in [0.2, 0.25) is 0 Å². The fourth-order valence-electron chi connectivity index (χ4n) is 9.62. The van der Waals surface area contributed by atoms with Crippen molar-refractivity contribution in [2.45, 2.75) is 0 Å². The van der Waals surface area contributed by atoms with Crippen molar-refractivity contribution in [2.75, 3.05) is 4.90 Å². The highest BCUT2D eigenvalue weighted by Gasteiger charge is 2.20. The van der Waals surface area contributed by atoms with Crippen LogP contribution in [0, 0.1) is 0 Å². The summed E-state index contributed by atoms with van der Waals surface area (Å²) in [4.78, 5) is 2.32. The summed E-state index contributed by atoms with van der Waals surface area (Å²) in [5, 5.41) is 16.6. The molecule has 0 bridgehead atoms. The third-order valence-corrected chi connectivity index (χ3v) is 12.4.